The van der Waals surface area contributed by atoms with Crippen LogP contribution < -0.4 is 10.6 Å². The Morgan fingerprint density at radius 1 is 1.27 bits per heavy atom. The lowest BCUT2D eigenvalue weighted by Gasteiger charge is -2.41. The molecule has 3 atom stereocenters. The first-order valence-electron chi connectivity index (χ1n) is 8.93. The fourth-order valence-corrected chi connectivity index (χ4v) is 4.23. The summed E-state index contributed by atoms with van der Waals surface area (Å²) in [6, 6.07) is 0.602. The van der Waals surface area contributed by atoms with E-state index in [0.717, 1.165) is 38.6 Å². The number of morpholine rings is 1. The molecule has 126 valence electrons. The molecular formula is C17H31N3O2. The molecule has 1 saturated carbocycles. The molecule has 0 radical (unpaired) electrons. The summed E-state index contributed by atoms with van der Waals surface area (Å²) in [5.74, 6) is 0.910. The van der Waals surface area contributed by atoms with E-state index >= 15 is 0 Å². The van der Waals surface area contributed by atoms with E-state index in [-0.39, 0.29) is 17.5 Å². The maximum absolute atomic E-state index is 12.5. The van der Waals surface area contributed by atoms with Crippen LogP contribution in [0.15, 0.2) is 0 Å². The molecule has 5 heteroatoms. The van der Waals surface area contributed by atoms with Crippen LogP contribution in [0.5, 0.6) is 0 Å². The zero-order valence-corrected chi connectivity index (χ0v) is 14.1. The molecule has 22 heavy (non-hydrogen) atoms. The summed E-state index contributed by atoms with van der Waals surface area (Å²) in [6.07, 6.45) is 6.21. The van der Waals surface area contributed by atoms with Crippen LogP contribution in [0.25, 0.3) is 0 Å². The third-order valence-corrected chi connectivity index (χ3v) is 5.74. The fourth-order valence-electron chi connectivity index (χ4n) is 4.23. The lowest BCUT2D eigenvalue weighted by Crippen LogP contribution is -2.56. The van der Waals surface area contributed by atoms with Crippen molar-refractivity contribution >= 4 is 5.91 Å². The molecule has 2 saturated heterocycles. The number of carbonyl (C=O) groups excluding carboxylic acids is 1. The number of hydrogen-bond acceptors (Lipinski definition) is 4. The predicted molar refractivity (Wildman–Crippen MR) is 86.8 cm³/mol. The lowest BCUT2D eigenvalue weighted by atomic mass is 9.85. The van der Waals surface area contributed by atoms with Crippen molar-refractivity contribution in [1.82, 2.24) is 15.5 Å². The molecule has 0 spiro atoms. The number of hydrogen-bond donors (Lipinski definition) is 2. The van der Waals surface area contributed by atoms with Gasteiger partial charge in [-0.05, 0) is 39.0 Å². The zero-order valence-electron chi connectivity index (χ0n) is 14.1. The maximum atomic E-state index is 12.5. The van der Waals surface area contributed by atoms with Crippen molar-refractivity contribution in [3.63, 3.8) is 0 Å². The monoisotopic (exact) mass is 309 g/mol. The number of ether oxygens (including phenoxy) is 1. The summed E-state index contributed by atoms with van der Waals surface area (Å²) in [6.45, 7) is 8.62. The molecule has 3 unspecified atom stereocenters. The lowest BCUT2D eigenvalue weighted by molar-refractivity contribution is -0.123. The van der Waals surface area contributed by atoms with E-state index in [1.165, 1.54) is 25.7 Å². The highest BCUT2D eigenvalue weighted by atomic mass is 16.5. The quantitative estimate of drug-likeness (QED) is 0.817. The normalized spacial score (nSPS) is 33.5. The van der Waals surface area contributed by atoms with Gasteiger partial charge in [-0.2, -0.15) is 0 Å². The topological polar surface area (TPSA) is 53.6 Å². The van der Waals surface area contributed by atoms with Crippen molar-refractivity contribution in [1.29, 1.82) is 0 Å². The number of carbonyl (C=O) groups is 1. The molecule has 2 aliphatic heterocycles. The highest BCUT2D eigenvalue weighted by Crippen LogP contribution is 2.33. The Balaban J connectivity index is 1.47. The average Bonchev–Trinajstić information content (AvgIpc) is 2.98. The number of fused-ring (bicyclic) bond motifs is 1. The van der Waals surface area contributed by atoms with Crippen LogP contribution in [-0.4, -0.2) is 61.3 Å². The summed E-state index contributed by atoms with van der Waals surface area (Å²) in [5.41, 5.74) is -0.00912. The summed E-state index contributed by atoms with van der Waals surface area (Å²) in [7, 11) is 0. The largest absolute Gasteiger partial charge is 0.379 e. The van der Waals surface area contributed by atoms with Crippen LogP contribution in [0.2, 0.25) is 0 Å². The molecule has 1 amide bonds. The van der Waals surface area contributed by atoms with Gasteiger partial charge in [0.25, 0.3) is 0 Å². The maximum Gasteiger partial charge on any atom is 0.237 e. The third-order valence-electron chi connectivity index (χ3n) is 5.74. The van der Waals surface area contributed by atoms with Gasteiger partial charge in [-0.1, -0.05) is 12.8 Å². The van der Waals surface area contributed by atoms with E-state index in [0.29, 0.717) is 12.6 Å². The van der Waals surface area contributed by atoms with Crippen LogP contribution in [0, 0.1) is 5.92 Å². The minimum absolute atomic E-state index is 0.00912. The van der Waals surface area contributed by atoms with Crippen LogP contribution in [0.1, 0.15) is 46.0 Å². The van der Waals surface area contributed by atoms with Crippen LogP contribution in [0.4, 0.5) is 0 Å². The number of rotatable bonds is 4. The van der Waals surface area contributed by atoms with E-state index in [9.17, 15) is 4.79 Å². The molecule has 2 heterocycles. The second-order valence-electron chi connectivity index (χ2n) is 7.74. The Morgan fingerprint density at radius 3 is 2.73 bits per heavy atom. The molecule has 3 rings (SSSR count). The van der Waals surface area contributed by atoms with E-state index in [1.807, 2.05) is 0 Å². The van der Waals surface area contributed by atoms with Gasteiger partial charge in [0.15, 0.2) is 0 Å². The molecule has 1 aliphatic carbocycles. The van der Waals surface area contributed by atoms with Gasteiger partial charge >= 0.3 is 0 Å². The molecule has 5 nitrogen and oxygen atoms in total. The van der Waals surface area contributed by atoms with E-state index in [1.54, 1.807) is 0 Å². The van der Waals surface area contributed by atoms with Crippen LogP contribution in [-0.2, 0) is 9.53 Å². The molecule has 2 N–H and O–H groups in total. The van der Waals surface area contributed by atoms with Crippen LogP contribution >= 0.6 is 0 Å². The van der Waals surface area contributed by atoms with E-state index in [2.05, 4.69) is 29.4 Å². The second-order valence-corrected chi connectivity index (χ2v) is 7.74. The Hall–Kier alpha value is -0.650. The van der Waals surface area contributed by atoms with E-state index < -0.39 is 0 Å². The molecule has 0 aromatic rings. The van der Waals surface area contributed by atoms with Gasteiger partial charge in [-0.3, -0.25) is 9.69 Å². The fraction of sp³-hybridized carbons (Fsp3) is 0.941. The zero-order chi connectivity index (χ0) is 15.6. The van der Waals surface area contributed by atoms with Crippen LogP contribution in [0.3, 0.4) is 0 Å². The van der Waals surface area contributed by atoms with Gasteiger partial charge in [0.05, 0.1) is 19.3 Å². The summed E-state index contributed by atoms with van der Waals surface area (Å²) in [5, 5.41) is 6.75. The van der Waals surface area contributed by atoms with Crippen molar-refractivity contribution in [2.75, 3.05) is 32.8 Å². The minimum Gasteiger partial charge on any atom is -0.379 e. The van der Waals surface area contributed by atoms with Crippen molar-refractivity contribution in [2.24, 2.45) is 5.92 Å². The van der Waals surface area contributed by atoms with Gasteiger partial charge in [0, 0.05) is 31.2 Å². The molecular weight excluding hydrogens is 278 g/mol. The molecule has 3 aliphatic rings. The Kier molecular flexibility index (Phi) is 5.05. The van der Waals surface area contributed by atoms with Gasteiger partial charge in [0.2, 0.25) is 5.91 Å². The summed E-state index contributed by atoms with van der Waals surface area (Å²) < 4.78 is 5.42. The number of nitrogens with zero attached hydrogens (tertiary/aromatic N) is 1. The molecule has 0 aromatic carbocycles. The Labute approximate surface area is 134 Å². The summed E-state index contributed by atoms with van der Waals surface area (Å²) in [4.78, 5) is 14.9. The van der Waals surface area contributed by atoms with Crippen molar-refractivity contribution < 1.29 is 9.53 Å². The van der Waals surface area contributed by atoms with Crippen molar-refractivity contribution in [3.8, 4) is 0 Å². The predicted octanol–water partition coefficient (Wildman–Crippen LogP) is 1.13. The molecule has 0 aromatic heterocycles. The first kappa shape index (κ1) is 16.2. The van der Waals surface area contributed by atoms with Gasteiger partial charge in [-0.15, -0.1) is 0 Å². The third kappa shape index (κ3) is 3.63. The number of amides is 1. The minimum atomic E-state index is -0.00912. The van der Waals surface area contributed by atoms with Crippen molar-refractivity contribution in [3.05, 3.63) is 0 Å². The standard InChI is InChI=1S/C17H31N3O2/c1-17(2,20-7-9-22-10-8-20)12-18-16(21)15-11-13-5-3-4-6-14(13)19-15/h13-15,19H,3-12H2,1-2H3,(H,18,21). The smallest absolute Gasteiger partial charge is 0.237 e. The Morgan fingerprint density at radius 2 is 2.00 bits per heavy atom. The summed E-state index contributed by atoms with van der Waals surface area (Å²) >= 11 is 0. The highest BCUT2D eigenvalue weighted by molar-refractivity contribution is 5.82. The highest BCUT2D eigenvalue weighted by Gasteiger charge is 2.38. The van der Waals surface area contributed by atoms with E-state index in [4.69, 9.17) is 4.74 Å². The first-order valence-corrected chi connectivity index (χ1v) is 8.93. The van der Waals surface area contributed by atoms with Gasteiger partial charge < -0.3 is 15.4 Å². The first-order chi connectivity index (χ1) is 10.6. The SMILES string of the molecule is CC(C)(CNC(=O)C1CC2CCCCC2N1)N1CCOCC1. The average molecular weight is 309 g/mol. The van der Waals surface area contributed by atoms with Gasteiger partial charge in [0.1, 0.15) is 0 Å². The van der Waals surface area contributed by atoms with Gasteiger partial charge in [-0.25, -0.2) is 0 Å². The second kappa shape index (κ2) is 6.85. The number of nitrogens with one attached hydrogen (secondary N) is 2. The Bertz CT molecular complexity index is 379. The van der Waals surface area contributed by atoms with Crippen molar-refractivity contribution in [2.45, 2.75) is 63.6 Å². The molecule has 0 bridgehead atoms. The molecule has 3 fully saturated rings.